The highest BCUT2D eigenvalue weighted by molar-refractivity contribution is 7.90. The molecule has 1 aliphatic rings. The molecule has 1 aromatic carbocycles. The third-order valence-electron chi connectivity index (χ3n) is 2.95. The maximum Gasteiger partial charge on any atom is 0.269 e. The smallest absolute Gasteiger partial charge is 0.268 e. The number of nitrogens with zero attached hydrogens (tertiary/aromatic N) is 2. The fraction of sp³-hybridized carbons (Fsp3) is 0.231. The third-order valence-corrected chi connectivity index (χ3v) is 4.72. The zero-order valence-electron chi connectivity index (χ0n) is 10.5. The summed E-state index contributed by atoms with van der Waals surface area (Å²) in [4.78, 5) is 12.3. The van der Waals surface area contributed by atoms with Gasteiger partial charge >= 0.3 is 0 Å². The molecule has 0 N–H and O–H groups in total. The van der Waals surface area contributed by atoms with Gasteiger partial charge in [0.15, 0.2) is 0 Å². The third kappa shape index (κ3) is 2.02. The number of nitriles is 1. The van der Waals surface area contributed by atoms with E-state index < -0.39 is 15.9 Å². The highest BCUT2D eigenvalue weighted by atomic mass is 32.2. The molecule has 0 bridgehead atoms. The second-order valence-electron chi connectivity index (χ2n) is 4.38. The standard InChI is InChI=1S/C13H12N2O3S/c1-9(6-7-14)8-15-13(16)12-10(2)4-3-5-11(12)19(15,17)18/h3-6H,8H2,1-2H3. The first kappa shape index (κ1) is 13.3. The van der Waals surface area contributed by atoms with Gasteiger partial charge < -0.3 is 0 Å². The molecule has 19 heavy (non-hydrogen) atoms. The van der Waals surface area contributed by atoms with Crippen molar-refractivity contribution in [1.82, 2.24) is 4.31 Å². The van der Waals surface area contributed by atoms with Gasteiger partial charge in [0.2, 0.25) is 0 Å². The average Bonchev–Trinajstić information content (AvgIpc) is 2.52. The van der Waals surface area contributed by atoms with Crippen LogP contribution in [0.1, 0.15) is 22.8 Å². The van der Waals surface area contributed by atoms with Crippen LogP contribution in [0.3, 0.4) is 0 Å². The summed E-state index contributed by atoms with van der Waals surface area (Å²) >= 11 is 0. The van der Waals surface area contributed by atoms with Crippen molar-refractivity contribution in [2.45, 2.75) is 18.7 Å². The van der Waals surface area contributed by atoms with Crippen LogP contribution in [0.2, 0.25) is 0 Å². The van der Waals surface area contributed by atoms with Crippen LogP contribution < -0.4 is 0 Å². The molecule has 6 heteroatoms. The second kappa shape index (κ2) is 4.52. The first-order valence-electron chi connectivity index (χ1n) is 5.61. The van der Waals surface area contributed by atoms with Crippen LogP contribution in [-0.2, 0) is 10.0 Å². The molecule has 0 aromatic heterocycles. The van der Waals surface area contributed by atoms with Crippen molar-refractivity contribution in [3.63, 3.8) is 0 Å². The van der Waals surface area contributed by atoms with Crippen LogP contribution in [0.5, 0.6) is 0 Å². The quantitative estimate of drug-likeness (QED) is 0.769. The zero-order chi connectivity index (χ0) is 14.2. The lowest BCUT2D eigenvalue weighted by Gasteiger charge is -2.14. The van der Waals surface area contributed by atoms with E-state index in [-0.39, 0.29) is 17.0 Å². The van der Waals surface area contributed by atoms with E-state index in [1.807, 2.05) is 6.07 Å². The minimum Gasteiger partial charge on any atom is -0.268 e. The zero-order valence-corrected chi connectivity index (χ0v) is 11.4. The molecule has 0 atom stereocenters. The highest BCUT2D eigenvalue weighted by Gasteiger charge is 2.41. The van der Waals surface area contributed by atoms with Gasteiger partial charge in [-0.15, -0.1) is 0 Å². The van der Waals surface area contributed by atoms with Crippen molar-refractivity contribution in [3.05, 3.63) is 41.0 Å². The molecule has 2 rings (SSSR count). The molecule has 0 saturated heterocycles. The van der Waals surface area contributed by atoms with Crippen LogP contribution in [0.15, 0.2) is 34.7 Å². The van der Waals surface area contributed by atoms with Gasteiger partial charge in [0.1, 0.15) is 4.90 Å². The first-order valence-corrected chi connectivity index (χ1v) is 7.05. The highest BCUT2D eigenvalue weighted by Crippen LogP contribution is 2.32. The van der Waals surface area contributed by atoms with Crippen LogP contribution >= 0.6 is 0 Å². The van der Waals surface area contributed by atoms with Crippen molar-refractivity contribution in [3.8, 4) is 6.07 Å². The lowest BCUT2D eigenvalue weighted by molar-refractivity contribution is 0.0878. The van der Waals surface area contributed by atoms with Gasteiger partial charge in [-0.1, -0.05) is 12.1 Å². The summed E-state index contributed by atoms with van der Waals surface area (Å²) in [7, 11) is -3.80. The molecule has 98 valence electrons. The van der Waals surface area contributed by atoms with Crippen molar-refractivity contribution in [2.24, 2.45) is 0 Å². The number of sulfonamides is 1. The Balaban J connectivity index is 2.54. The van der Waals surface area contributed by atoms with E-state index in [9.17, 15) is 13.2 Å². The van der Waals surface area contributed by atoms with Gasteiger partial charge in [-0.3, -0.25) is 4.79 Å². The fourth-order valence-corrected chi connectivity index (χ4v) is 3.70. The van der Waals surface area contributed by atoms with E-state index in [4.69, 9.17) is 5.26 Å². The van der Waals surface area contributed by atoms with Crippen molar-refractivity contribution in [2.75, 3.05) is 6.54 Å². The molecule has 0 saturated carbocycles. The summed E-state index contributed by atoms with van der Waals surface area (Å²) in [6, 6.07) is 6.56. The summed E-state index contributed by atoms with van der Waals surface area (Å²) in [5, 5.41) is 8.54. The maximum atomic E-state index is 12.3. The van der Waals surface area contributed by atoms with Crippen molar-refractivity contribution < 1.29 is 13.2 Å². The number of hydrogen-bond acceptors (Lipinski definition) is 4. The molecule has 0 aliphatic carbocycles. The SMILES string of the molecule is CC(=CC#N)CN1C(=O)c2c(C)cccc2S1(=O)=O. The Kier molecular flexibility index (Phi) is 3.16. The van der Waals surface area contributed by atoms with E-state index in [2.05, 4.69) is 0 Å². The monoisotopic (exact) mass is 276 g/mol. The predicted molar refractivity (Wildman–Crippen MR) is 68.8 cm³/mol. The van der Waals surface area contributed by atoms with Gasteiger partial charge in [0.05, 0.1) is 18.2 Å². The van der Waals surface area contributed by atoms with E-state index >= 15 is 0 Å². The lowest BCUT2D eigenvalue weighted by atomic mass is 10.1. The van der Waals surface area contributed by atoms with Gasteiger partial charge in [-0.25, -0.2) is 12.7 Å². The summed E-state index contributed by atoms with van der Waals surface area (Å²) in [6.45, 7) is 3.22. The minimum absolute atomic E-state index is 0.0438. The molecular weight excluding hydrogens is 264 g/mol. The number of carbonyl (C=O) groups is 1. The van der Waals surface area contributed by atoms with Gasteiger partial charge in [0.25, 0.3) is 15.9 Å². The Morgan fingerprint density at radius 2 is 2.16 bits per heavy atom. The molecule has 0 fully saturated rings. The largest absolute Gasteiger partial charge is 0.269 e. The number of fused-ring (bicyclic) bond motifs is 1. The number of rotatable bonds is 2. The summed E-state index contributed by atoms with van der Waals surface area (Å²) in [5.74, 6) is -0.529. The fourth-order valence-electron chi connectivity index (χ4n) is 2.02. The molecular formula is C13H12N2O3S. The molecule has 1 aromatic rings. The Hall–Kier alpha value is -2.13. The van der Waals surface area contributed by atoms with Crippen LogP contribution in [0, 0.1) is 18.3 Å². The van der Waals surface area contributed by atoms with Crippen molar-refractivity contribution >= 4 is 15.9 Å². The van der Waals surface area contributed by atoms with Crippen molar-refractivity contribution in [1.29, 1.82) is 5.26 Å². The van der Waals surface area contributed by atoms with Gasteiger partial charge in [-0.2, -0.15) is 5.26 Å². The number of benzene rings is 1. The summed E-state index contributed by atoms with van der Waals surface area (Å²) in [6.07, 6.45) is 1.23. The molecule has 1 amide bonds. The Labute approximate surface area is 111 Å². The number of aryl methyl sites for hydroxylation is 1. The van der Waals surface area contributed by atoms with Crippen LogP contribution in [-0.4, -0.2) is 25.2 Å². The second-order valence-corrected chi connectivity index (χ2v) is 6.22. The normalized spacial score (nSPS) is 17.2. The summed E-state index contributed by atoms with van der Waals surface area (Å²) in [5.41, 5.74) is 1.38. The molecule has 0 radical (unpaired) electrons. The predicted octanol–water partition coefficient (Wildman–Crippen LogP) is 1.61. The number of carbonyl (C=O) groups excluding carboxylic acids is 1. The Morgan fingerprint density at radius 3 is 2.74 bits per heavy atom. The first-order chi connectivity index (χ1) is 8.89. The number of allylic oxidation sites excluding steroid dienone is 1. The molecule has 1 heterocycles. The molecule has 0 unspecified atom stereocenters. The Bertz CT molecular complexity index is 727. The van der Waals surface area contributed by atoms with E-state index in [0.717, 1.165) is 4.31 Å². The van der Waals surface area contributed by atoms with Gasteiger partial charge in [0, 0.05) is 6.08 Å². The minimum atomic E-state index is -3.80. The maximum absolute atomic E-state index is 12.3. The average molecular weight is 276 g/mol. The number of amides is 1. The molecule has 1 aliphatic heterocycles. The van der Waals surface area contributed by atoms with E-state index in [0.29, 0.717) is 11.1 Å². The Morgan fingerprint density at radius 1 is 1.47 bits per heavy atom. The summed E-state index contributed by atoms with van der Waals surface area (Å²) < 4.78 is 25.4. The van der Waals surface area contributed by atoms with E-state index in [1.54, 1.807) is 26.0 Å². The van der Waals surface area contributed by atoms with E-state index in [1.165, 1.54) is 12.1 Å². The van der Waals surface area contributed by atoms with Crippen LogP contribution in [0.25, 0.3) is 0 Å². The molecule has 0 spiro atoms. The molecule has 5 nitrogen and oxygen atoms in total. The van der Waals surface area contributed by atoms with Crippen LogP contribution in [0.4, 0.5) is 0 Å². The van der Waals surface area contributed by atoms with Gasteiger partial charge in [-0.05, 0) is 31.1 Å². The topological polar surface area (TPSA) is 78.2 Å². The lowest BCUT2D eigenvalue weighted by Crippen LogP contribution is -2.31. The number of hydrogen-bond donors (Lipinski definition) is 0.